The van der Waals surface area contributed by atoms with Gasteiger partial charge >= 0.3 is 6.18 Å². The number of thiazole rings is 1. The van der Waals surface area contributed by atoms with Crippen molar-refractivity contribution in [3.63, 3.8) is 0 Å². The number of halogens is 3. The Kier molecular flexibility index (Phi) is 3.20. The van der Waals surface area contributed by atoms with E-state index in [-0.39, 0.29) is 6.10 Å². The standard InChI is InChI=1S/C12H11F3N2OS/c13-12(14,15)7-1-2-10-8(5-7)17-11(19-10)9-6-16-3-4-18-9/h1-2,5,9,16H,3-4,6H2. The average Bonchev–Trinajstić information content (AvgIpc) is 2.81. The molecular formula is C12H11F3N2OS. The molecule has 1 N–H and O–H groups in total. The maximum Gasteiger partial charge on any atom is 0.416 e. The Bertz CT molecular complexity index is 590. The first-order chi connectivity index (χ1) is 9.04. The van der Waals surface area contributed by atoms with Gasteiger partial charge in [-0.25, -0.2) is 4.98 Å². The van der Waals surface area contributed by atoms with Gasteiger partial charge in [0.05, 0.1) is 22.4 Å². The summed E-state index contributed by atoms with van der Waals surface area (Å²) in [4.78, 5) is 4.26. The minimum Gasteiger partial charge on any atom is -0.368 e. The van der Waals surface area contributed by atoms with Crippen LogP contribution >= 0.6 is 11.3 Å². The van der Waals surface area contributed by atoms with E-state index in [4.69, 9.17) is 4.74 Å². The summed E-state index contributed by atoms with van der Waals surface area (Å²) in [6, 6.07) is 3.64. The predicted octanol–water partition coefficient (Wildman–Crippen LogP) is 2.98. The molecule has 1 aliphatic heterocycles. The fourth-order valence-corrected chi connectivity index (χ4v) is 2.98. The Morgan fingerprint density at radius 1 is 1.37 bits per heavy atom. The molecule has 102 valence electrons. The number of fused-ring (bicyclic) bond motifs is 1. The number of alkyl halides is 3. The van der Waals surface area contributed by atoms with Crippen molar-refractivity contribution in [2.75, 3.05) is 19.7 Å². The van der Waals surface area contributed by atoms with Gasteiger partial charge in [-0.1, -0.05) is 0 Å². The van der Waals surface area contributed by atoms with Gasteiger partial charge in [-0.05, 0) is 18.2 Å². The zero-order valence-corrected chi connectivity index (χ0v) is 10.6. The van der Waals surface area contributed by atoms with Crippen LogP contribution in [0.3, 0.4) is 0 Å². The molecule has 1 atom stereocenters. The second-order valence-electron chi connectivity index (χ2n) is 4.30. The molecule has 2 aromatic rings. The highest BCUT2D eigenvalue weighted by Crippen LogP contribution is 2.34. The van der Waals surface area contributed by atoms with Crippen molar-refractivity contribution in [3.05, 3.63) is 28.8 Å². The maximum absolute atomic E-state index is 12.6. The zero-order chi connectivity index (χ0) is 13.5. The first kappa shape index (κ1) is 12.8. The fraction of sp³-hybridized carbons (Fsp3) is 0.417. The van der Waals surface area contributed by atoms with Crippen LogP contribution in [0, 0.1) is 0 Å². The van der Waals surface area contributed by atoms with E-state index in [1.54, 1.807) is 0 Å². The van der Waals surface area contributed by atoms with Crippen LogP contribution in [-0.4, -0.2) is 24.7 Å². The molecule has 0 spiro atoms. The number of ether oxygens (including phenoxy) is 1. The molecule has 1 fully saturated rings. The molecule has 7 heteroatoms. The number of hydrogen-bond donors (Lipinski definition) is 1. The van der Waals surface area contributed by atoms with E-state index in [9.17, 15) is 13.2 Å². The fourth-order valence-electron chi connectivity index (χ4n) is 1.98. The molecule has 1 unspecified atom stereocenters. The second kappa shape index (κ2) is 4.73. The number of nitrogens with zero attached hydrogens (tertiary/aromatic N) is 1. The molecular weight excluding hydrogens is 277 g/mol. The van der Waals surface area contributed by atoms with E-state index in [2.05, 4.69) is 10.3 Å². The molecule has 0 bridgehead atoms. The van der Waals surface area contributed by atoms with Gasteiger partial charge in [0.25, 0.3) is 0 Å². The zero-order valence-electron chi connectivity index (χ0n) is 9.83. The molecule has 0 amide bonds. The lowest BCUT2D eigenvalue weighted by Gasteiger charge is -2.21. The average molecular weight is 288 g/mol. The van der Waals surface area contributed by atoms with Gasteiger partial charge in [-0.3, -0.25) is 0 Å². The minimum absolute atomic E-state index is 0.166. The molecule has 0 aliphatic carbocycles. The van der Waals surface area contributed by atoms with E-state index in [1.807, 2.05) is 0 Å². The highest BCUT2D eigenvalue weighted by molar-refractivity contribution is 7.18. The molecule has 1 aromatic heterocycles. The second-order valence-corrected chi connectivity index (χ2v) is 5.36. The lowest BCUT2D eigenvalue weighted by molar-refractivity contribution is -0.137. The van der Waals surface area contributed by atoms with Gasteiger partial charge in [0.2, 0.25) is 0 Å². The van der Waals surface area contributed by atoms with Gasteiger partial charge in [-0.15, -0.1) is 11.3 Å². The van der Waals surface area contributed by atoms with E-state index < -0.39 is 11.7 Å². The molecule has 1 aliphatic rings. The maximum atomic E-state index is 12.6. The third kappa shape index (κ3) is 2.58. The number of hydrogen-bond acceptors (Lipinski definition) is 4. The summed E-state index contributed by atoms with van der Waals surface area (Å²) in [6.45, 7) is 2.03. The Balaban J connectivity index is 1.96. The van der Waals surface area contributed by atoms with E-state index in [1.165, 1.54) is 17.4 Å². The van der Waals surface area contributed by atoms with Crippen LogP contribution in [0.15, 0.2) is 18.2 Å². The first-order valence-electron chi connectivity index (χ1n) is 5.84. The van der Waals surface area contributed by atoms with Crippen LogP contribution in [0.1, 0.15) is 16.7 Å². The molecule has 1 saturated heterocycles. The normalized spacial score (nSPS) is 20.9. The lowest BCUT2D eigenvalue weighted by atomic mass is 10.2. The largest absolute Gasteiger partial charge is 0.416 e. The van der Waals surface area contributed by atoms with Gasteiger partial charge in [-0.2, -0.15) is 13.2 Å². The third-order valence-corrected chi connectivity index (χ3v) is 4.06. The summed E-state index contributed by atoms with van der Waals surface area (Å²) in [6.07, 6.45) is -4.50. The molecule has 3 rings (SSSR count). The lowest BCUT2D eigenvalue weighted by Crippen LogP contribution is -2.33. The molecule has 2 heterocycles. The number of morpholine rings is 1. The number of rotatable bonds is 1. The van der Waals surface area contributed by atoms with Crippen LogP contribution in [0.5, 0.6) is 0 Å². The Hall–Kier alpha value is -1.18. The van der Waals surface area contributed by atoms with Gasteiger partial charge < -0.3 is 10.1 Å². The van der Waals surface area contributed by atoms with Crippen LogP contribution in [-0.2, 0) is 10.9 Å². The van der Waals surface area contributed by atoms with Crippen molar-refractivity contribution in [1.82, 2.24) is 10.3 Å². The number of benzene rings is 1. The Labute approximate surface area is 111 Å². The van der Waals surface area contributed by atoms with Crippen molar-refractivity contribution in [2.45, 2.75) is 12.3 Å². The molecule has 3 nitrogen and oxygen atoms in total. The van der Waals surface area contributed by atoms with Gasteiger partial charge in [0.1, 0.15) is 11.1 Å². The summed E-state index contributed by atoms with van der Waals surface area (Å²) in [7, 11) is 0. The topological polar surface area (TPSA) is 34.1 Å². The third-order valence-electron chi connectivity index (χ3n) is 2.93. The SMILES string of the molecule is FC(F)(F)c1ccc2sc(C3CNCCO3)nc2c1. The van der Waals surface area contributed by atoms with Gasteiger partial charge in [0.15, 0.2) is 0 Å². The number of nitrogens with one attached hydrogen (secondary N) is 1. The van der Waals surface area contributed by atoms with Crippen molar-refractivity contribution in [1.29, 1.82) is 0 Å². The Morgan fingerprint density at radius 3 is 2.89 bits per heavy atom. The summed E-state index contributed by atoms with van der Waals surface area (Å²) >= 11 is 1.38. The molecule has 1 aromatic carbocycles. The van der Waals surface area contributed by atoms with Crippen molar-refractivity contribution in [3.8, 4) is 0 Å². The van der Waals surface area contributed by atoms with Crippen LogP contribution < -0.4 is 5.32 Å². The highest BCUT2D eigenvalue weighted by atomic mass is 32.1. The minimum atomic E-state index is -4.33. The van der Waals surface area contributed by atoms with Crippen molar-refractivity contribution >= 4 is 21.6 Å². The molecule has 19 heavy (non-hydrogen) atoms. The van der Waals surface area contributed by atoms with E-state index in [0.29, 0.717) is 18.7 Å². The quantitative estimate of drug-likeness (QED) is 0.876. The number of aromatic nitrogens is 1. The summed E-state index contributed by atoms with van der Waals surface area (Å²) < 4.78 is 44.2. The van der Waals surface area contributed by atoms with Gasteiger partial charge in [0, 0.05) is 13.1 Å². The molecule has 0 saturated carbocycles. The van der Waals surface area contributed by atoms with E-state index >= 15 is 0 Å². The highest BCUT2D eigenvalue weighted by Gasteiger charge is 2.31. The van der Waals surface area contributed by atoms with Crippen molar-refractivity contribution < 1.29 is 17.9 Å². The summed E-state index contributed by atoms with van der Waals surface area (Å²) in [5.41, 5.74) is -0.288. The van der Waals surface area contributed by atoms with Crippen LogP contribution in [0.4, 0.5) is 13.2 Å². The van der Waals surface area contributed by atoms with Crippen LogP contribution in [0.2, 0.25) is 0 Å². The predicted molar refractivity (Wildman–Crippen MR) is 66.2 cm³/mol. The summed E-state index contributed by atoms with van der Waals surface area (Å²) in [5.74, 6) is 0. The van der Waals surface area contributed by atoms with Crippen LogP contribution in [0.25, 0.3) is 10.2 Å². The van der Waals surface area contributed by atoms with Crippen molar-refractivity contribution in [2.24, 2.45) is 0 Å². The molecule has 0 radical (unpaired) electrons. The monoisotopic (exact) mass is 288 g/mol. The summed E-state index contributed by atoms with van der Waals surface area (Å²) in [5, 5.41) is 3.90. The Morgan fingerprint density at radius 2 is 2.21 bits per heavy atom. The van der Waals surface area contributed by atoms with E-state index in [0.717, 1.165) is 28.4 Å². The smallest absolute Gasteiger partial charge is 0.368 e. The first-order valence-corrected chi connectivity index (χ1v) is 6.66.